The van der Waals surface area contributed by atoms with Crippen LogP contribution < -0.4 is 4.90 Å². The highest BCUT2D eigenvalue weighted by Crippen LogP contribution is 2.29. The maximum atomic E-state index is 13.3. The number of hydrogen-bond donors (Lipinski definition) is 0. The van der Waals surface area contributed by atoms with Crippen molar-refractivity contribution in [2.45, 2.75) is 12.3 Å². The highest BCUT2D eigenvalue weighted by atomic mass is 16.2. The van der Waals surface area contributed by atoms with E-state index in [2.05, 4.69) is 44.7 Å². The number of carbonyl (C=O) groups is 1. The Bertz CT molecular complexity index is 1130. The molecule has 4 aromatic rings. The predicted molar refractivity (Wildman–Crippen MR) is 127 cm³/mol. The second-order valence-corrected chi connectivity index (χ2v) is 8.17. The first-order valence-electron chi connectivity index (χ1n) is 11.3. The number of tetrazole rings is 1. The number of carbonyl (C=O) groups excluding carboxylic acids is 1. The molecule has 0 saturated carbocycles. The van der Waals surface area contributed by atoms with E-state index in [9.17, 15) is 4.79 Å². The molecule has 0 aliphatic carbocycles. The van der Waals surface area contributed by atoms with Crippen molar-refractivity contribution >= 4 is 11.9 Å². The van der Waals surface area contributed by atoms with Gasteiger partial charge in [0.05, 0.1) is 5.69 Å². The zero-order chi connectivity index (χ0) is 22.5. The van der Waals surface area contributed by atoms with Gasteiger partial charge >= 0.3 is 0 Å². The standard InChI is InChI=1S/C26H26N6O/c33-25(20-24(21-10-4-1-5-11-21)22-12-6-2-7-13-22)30-16-18-31(19-17-30)26-27-28-29-32(26)23-14-8-3-9-15-23/h1-15,24H,16-20H2. The normalized spacial score (nSPS) is 14.0. The minimum absolute atomic E-state index is 0.0447. The maximum Gasteiger partial charge on any atom is 0.250 e. The number of benzene rings is 3. The lowest BCUT2D eigenvalue weighted by atomic mass is 9.88. The summed E-state index contributed by atoms with van der Waals surface area (Å²) in [5.74, 6) is 0.929. The molecular weight excluding hydrogens is 412 g/mol. The van der Waals surface area contributed by atoms with Gasteiger partial charge in [0, 0.05) is 38.5 Å². The predicted octanol–water partition coefficient (Wildman–Crippen LogP) is 3.53. The van der Waals surface area contributed by atoms with Gasteiger partial charge in [-0.3, -0.25) is 4.79 Å². The number of nitrogens with zero attached hydrogens (tertiary/aromatic N) is 6. The number of aromatic nitrogens is 4. The highest BCUT2D eigenvalue weighted by Gasteiger charge is 2.27. The van der Waals surface area contributed by atoms with Gasteiger partial charge < -0.3 is 9.80 Å². The molecule has 1 aliphatic heterocycles. The van der Waals surface area contributed by atoms with E-state index in [0.717, 1.165) is 16.8 Å². The quantitative estimate of drug-likeness (QED) is 0.461. The average molecular weight is 439 g/mol. The van der Waals surface area contributed by atoms with Crippen LogP contribution in [0.1, 0.15) is 23.5 Å². The minimum Gasteiger partial charge on any atom is -0.339 e. The van der Waals surface area contributed by atoms with Crippen molar-refractivity contribution in [2.75, 3.05) is 31.1 Å². The fourth-order valence-corrected chi connectivity index (χ4v) is 4.37. The van der Waals surface area contributed by atoms with E-state index in [1.54, 1.807) is 4.68 Å². The van der Waals surface area contributed by atoms with Crippen LogP contribution in [0.2, 0.25) is 0 Å². The van der Waals surface area contributed by atoms with Gasteiger partial charge in [0.2, 0.25) is 11.9 Å². The molecule has 1 saturated heterocycles. The molecule has 1 aliphatic rings. The van der Waals surface area contributed by atoms with Crippen LogP contribution in [0.25, 0.3) is 5.69 Å². The summed E-state index contributed by atoms with van der Waals surface area (Å²) in [7, 11) is 0. The van der Waals surface area contributed by atoms with Crippen LogP contribution in [0.15, 0.2) is 91.0 Å². The Morgan fingerprint density at radius 2 is 1.30 bits per heavy atom. The van der Waals surface area contributed by atoms with Crippen molar-refractivity contribution in [3.05, 3.63) is 102 Å². The Morgan fingerprint density at radius 3 is 1.88 bits per heavy atom. The highest BCUT2D eigenvalue weighted by molar-refractivity contribution is 5.78. The second-order valence-electron chi connectivity index (χ2n) is 8.17. The largest absolute Gasteiger partial charge is 0.339 e. The molecular formula is C26H26N6O. The van der Waals surface area contributed by atoms with E-state index >= 15 is 0 Å². The topological polar surface area (TPSA) is 67.2 Å². The van der Waals surface area contributed by atoms with Crippen molar-refractivity contribution < 1.29 is 4.79 Å². The summed E-state index contributed by atoms with van der Waals surface area (Å²) in [6.45, 7) is 2.69. The summed E-state index contributed by atoms with van der Waals surface area (Å²) >= 11 is 0. The zero-order valence-electron chi connectivity index (χ0n) is 18.4. The fourth-order valence-electron chi connectivity index (χ4n) is 4.37. The number of amides is 1. The van der Waals surface area contributed by atoms with Crippen LogP contribution in [-0.2, 0) is 4.79 Å². The molecule has 1 aromatic heterocycles. The monoisotopic (exact) mass is 438 g/mol. The molecule has 3 aromatic carbocycles. The molecule has 0 unspecified atom stereocenters. The Balaban J connectivity index is 1.27. The van der Waals surface area contributed by atoms with Gasteiger partial charge in [-0.05, 0) is 33.7 Å². The summed E-state index contributed by atoms with van der Waals surface area (Å²) in [6, 6.07) is 30.4. The first kappa shape index (κ1) is 20.9. The summed E-state index contributed by atoms with van der Waals surface area (Å²) in [5.41, 5.74) is 3.25. The first-order valence-corrected chi connectivity index (χ1v) is 11.3. The van der Waals surface area contributed by atoms with Gasteiger partial charge in [-0.25, -0.2) is 0 Å². The summed E-state index contributed by atoms with van der Waals surface area (Å²) in [5, 5.41) is 12.3. The van der Waals surface area contributed by atoms with Crippen LogP contribution in [0.4, 0.5) is 5.95 Å². The lowest BCUT2D eigenvalue weighted by molar-refractivity contribution is -0.131. The van der Waals surface area contributed by atoms with Gasteiger partial charge in [-0.15, -0.1) is 0 Å². The molecule has 0 N–H and O–H groups in total. The Hall–Kier alpha value is -4.00. The number of piperazine rings is 1. The molecule has 0 radical (unpaired) electrons. The lowest BCUT2D eigenvalue weighted by Crippen LogP contribution is -2.49. The van der Waals surface area contributed by atoms with Crippen molar-refractivity contribution in [3.8, 4) is 5.69 Å². The molecule has 1 fully saturated rings. The van der Waals surface area contributed by atoms with Crippen LogP contribution in [-0.4, -0.2) is 57.2 Å². The third-order valence-electron chi connectivity index (χ3n) is 6.15. The Kier molecular flexibility index (Phi) is 6.10. The summed E-state index contributed by atoms with van der Waals surface area (Å²) in [4.78, 5) is 17.4. The minimum atomic E-state index is 0.0447. The molecule has 0 atom stereocenters. The molecule has 1 amide bonds. The molecule has 166 valence electrons. The molecule has 7 heteroatoms. The summed E-state index contributed by atoms with van der Waals surface area (Å²) < 4.78 is 1.75. The number of hydrogen-bond acceptors (Lipinski definition) is 5. The molecule has 0 bridgehead atoms. The second kappa shape index (κ2) is 9.65. The van der Waals surface area contributed by atoms with E-state index in [1.165, 1.54) is 0 Å². The molecule has 2 heterocycles. The zero-order valence-corrected chi connectivity index (χ0v) is 18.4. The fraction of sp³-hybridized carbons (Fsp3) is 0.231. The van der Waals surface area contributed by atoms with Gasteiger partial charge in [-0.1, -0.05) is 84.0 Å². The summed E-state index contributed by atoms with van der Waals surface area (Å²) in [6.07, 6.45) is 0.454. The Labute approximate surface area is 193 Å². The van der Waals surface area contributed by atoms with Crippen LogP contribution in [0.5, 0.6) is 0 Å². The Morgan fingerprint density at radius 1 is 0.758 bits per heavy atom. The van der Waals surface area contributed by atoms with Crippen LogP contribution in [0.3, 0.4) is 0 Å². The molecule has 7 nitrogen and oxygen atoms in total. The number of para-hydroxylation sites is 1. The van der Waals surface area contributed by atoms with Crippen molar-refractivity contribution in [3.63, 3.8) is 0 Å². The van der Waals surface area contributed by atoms with Crippen LogP contribution in [0, 0.1) is 0 Å². The van der Waals surface area contributed by atoms with Gasteiger partial charge in [0.1, 0.15) is 0 Å². The maximum absolute atomic E-state index is 13.3. The van der Waals surface area contributed by atoms with Crippen molar-refractivity contribution in [1.82, 2.24) is 25.1 Å². The van der Waals surface area contributed by atoms with Gasteiger partial charge in [-0.2, -0.15) is 4.68 Å². The van der Waals surface area contributed by atoms with E-state index in [-0.39, 0.29) is 11.8 Å². The van der Waals surface area contributed by atoms with Gasteiger partial charge in [0.25, 0.3) is 0 Å². The van der Waals surface area contributed by atoms with Crippen molar-refractivity contribution in [2.24, 2.45) is 0 Å². The SMILES string of the molecule is O=C(CC(c1ccccc1)c1ccccc1)N1CCN(c2nnnn2-c2ccccc2)CC1. The van der Waals surface area contributed by atoms with E-state index in [0.29, 0.717) is 38.5 Å². The molecule has 0 spiro atoms. The number of rotatable bonds is 6. The van der Waals surface area contributed by atoms with Crippen LogP contribution >= 0.6 is 0 Å². The molecule has 33 heavy (non-hydrogen) atoms. The van der Waals surface area contributed by atoms with Gasteiger partial charge in [0.15, 0.2) is 0 Å². The van der Waals surface area contributed by atoms with E-state index in [1.807, 2.05) is 71.6 Å². The molecule has 5 rings (SSSR count). The average Bonchev–Trinajstić information content (AvgIpc) is 3.39. The third kappa shape index (κ3) is 4.62. The third-order valence-corrected chi connectivity index (χ3v) is 6.15. The lowest BCUT2D eigenvalue weighted by Gasteiger charge is -2.35. The first-order chi connectivity index (χ1) is 16.3. The van der Waals surface area contributed by atoms with E-state index < -0.39 is 0 Å². The number of anilines is 1. The van der Waals surface area contributed by atoms with Crippen molar-refractivity contribution in [1.29, 1.82) is 0 Å². The van der Waals surface area contributed by atoms with E-state index in [4.69, 9.17) is 0 Å². The smallest absolute Gasteiger partial charge is 0.250 e.